The van der Waals surface area contributed by atoms with Crippen LogP contribution in [0.5, 0.6) is 0 Å². The fourth-order valence-corrected chi connectivity index (χ4v) is 4.70. The Morgan fingerprint density at radius 1 is 1.21 bits per heavy atom. The van der Waals surface area contributed by atoms with Gasteiger partial charge in [-0.05, 0) is 50.1 Å². The molecule has 2 aliphatic rings. The lowest BCUT2D eigenvalue weighted by Crippen LogP contribution is -2.40. The van der Waals surface area contributed by atoms with Gasteiger partial charge in [0.05, 0.1) is 12.2 Å². The maximum Gasteiger partial charge on any atom is 0.334 e. The van der Waals surface area contributed by atoms with Crippen LogP contribution in [0.3, 0.4) is 0 Å². The van der Waals surface area contributed by atoms with E-state index in [1.54, 1.807) is 0 Å². The van der Waals surface area contributed by atoms with Gasteiger partial charge in [-0.15, -0.1) is 0 Å². The SMILES string of the molecule is CCCO[Si](C)(CC)OCC(C)C1CCC2OC2C1. The predicted molar refractivity (Wildman–Crippen MR) is 79.5 cm³/mol. The summed E-state index contributed by atoms with van der Waals surface area (Å²) < 4.78 is 17.8. The van der Waals surface area contributed by atoms with Crippen molar-refractivity contribution >= 4 is 8.56 Å². The maximum absolute atomic E-state index is 6.22. The van der Waals surface area contributed by atoms with Crippen LogP contribution in [-0.4, -0.2) is 34.0 Å². The third-order valence-corrected chi connectivity index (χ3v) is 7.63. The minimum atomic E-state index is -1.91. The Kier molecular flexibility index (Phi) is 5.46. The average molecular weight is 286 g/mol. The van der Waals surface area contributed by atoms with Crippen molar-refractivity contribution < 1.29 is 13.6 Å². The Bertz CT molecular complexity index is 287. The summed E-state index contributed by atoms with van der Waals surface area (Å²) in [5.41, 5.74) is 0. The highest BCUT2D eigenvalue weighted by atomic mass is 28.4. The zero-order valence-corrected chi connectivity index (χ0v) is 14.0. The quantitative estimate of drug-likeness (QED) is 0.503. The van der Waals surface area contributed by atoms with E-state index in [0.29, 0.717) is 18.1 Å². The van der Waals surface area contributed by atoms with Crippen LogP contribution in [0.2, 0.25) is 12.6 Å². The van der Waals surface area contributed by atoms with E-state index in [-0.39, 0.29) is 0 Å². The van der Waals surface area contributed by atoms with E-state index in [4.69, 9.17) is 13.6 Å². The lowest BCUT2D eigenvalue weighted by atomic mass is 9.81. The van der Waals surface area contributed by atoms with Gasteiger partial charge in [0.2, 0.25) is 0 Å². The molecule has 0 radical (unpaired) electrons. The molecule has 2 rings (SSSR count). The number of rotatable bonds is 8. The molecule has 112 valence electrons. The van der Waals surface area contributed by atoms with Crippen molar-refractivity contribution in [2.24, 2.45) is 11.8 Å². The van der Waals surface area contributed by atoms with Crippen LogP contribution in [-0.2, 0) is 13.6 Å². The van der Waals surface area contributed by atoms with Crippen molar-refractivity contribution in [2.45, 2.75) is 71.3 Å². The second-order valence-corrected chi connectivity index (χ2v) is 9.96. The zero-order valence-electron chi connectivity index (χ0n) is 13.0. The standard InChI is InChI=1S/C15H30O3Si/c1-5-9-16-19(4,6-2)17-11-12(3)13-7-8-14-15(10-13)18-14/h12-15H,5-11H2,1-4H3. The number of hydrogen-bond donors (Lipinski definition) is 0. The number of epoxide rings is 1. The van der Waals surface area contributed by atoms with Gasteiger partial charge in [0.15, 0.2) is 0 Å². The Labute approximate surface area is 119 Å². The summed E-state index contributed by atoms with van der Waals surface area (Å²) in [5, 5.41) is 0. The van der Waals surface area contributed by atoms with Gasteiger partial charge in [0.1, 0.15) is 0 Å². The van der Waals surface area contributed by atoms with Crippen molar-refractivity contribution in [3.63, 3.8) is 0 Å². The Morgan fingerprint density at radius 3 is 2.63 bits per heavy atom. The molecule has 19 heavy (non-hydrogen) atoms. The summed E-state index contributed by atoms with van der Waals surface area (Å²) in [7, 11) is -1.91. The molecule has 5 atom stereocenters. The molecule has 1 aliphatic carbocycles. The van der Waals surface area contributed by atoms with Gasteiger partial charge in [0.25, 0.3) is 0 Å². The lowest BCUT2D eigenvalue weighted by molar-refractivity contribution is 0.124. The second kappa shape index (κ2) is 6.70. The van der Waals surface area contributed by atoms with Gasteiger partial charge in [-0.2, -0.15) is 0 Å². The first-order valence-corrected chi connectivity index (χ1v) is 10.5. The first-order valence-electron chi connectivity index (χ1n) is 8.01. The van der Waals surface area contributed by atoms with Crippen LogP contribution in [0.15, 0.2) is 0 Å². The van der Waals surface area contributed by atoms with Gasteiger partial charge in [-0.1, -0.05) is 20.8 Å². The molecule has 1 saturated heterocycles. The van der Waals surface area contributed by atoms with E-state index in [1.165, 1.54) is 19.3 Å². The highest BCUT2D eigenvalue weighted by Crippen LogP contribution is 2.42. The van der Waals surface area contributed by atoms with E-state index in [1.807, 2.05) is 0 Å². The molecule has 4 heteroatoms. The molecule has 1 saturated carbocycles. The van der Waals surface area contributed by atoms with Crippen LogP contribution < -0.4 is 0 Å². The molecule has 0 aromatic carbocycles. The minimum absolute atomic E-state index is 0.576. The fraction of sp³-hybridized carbons (Fsp3) is 1.00. The molecular formula is C15H30O3Si. The first-order chi connectivity index (χ1) is 9.08. The molecule has 0 aromatic rings. The lowest BCUT2D eigenvalue weighted by Gasteiger charge is -2.31. The Morgan fingerprint density at radius 2 is 2.00 bits per heavy atom. The predicted octanol–water partition coefficient (Wildman–Crippen LogP) is 3.73. The third kappa shape index (κ3) is 4.28. The summed E-state index contributed by atoms with van der Waals surface area (Å²) in [6, 6.07) is 1.04. The topological polar surface area (TPSA) is 31.0 Å². The summed E-state index contributed by atoms with van der Waals surface area (Å²) in [4.78, 5) is 0. The number of ether oxygens (including phenoxy) is 1. The zero-order chi connectivity index (χ0) is 13.9. The highest BCUT2D eigenvalue weighted by molar-refractivity contribution is 6.65. The minimum Gasteiger partial charge on any atom is -0.394 e. The van der Waals surface area contributed by atoms with Gasteiger partial charge in [0, 0.05) is 13.2 Å². The largest absolute Gasteiger partial charge is 0.394 e. The average Bonchev–Trinajstić information content (AvgIpc) is 3.20. The Hall–Kier alpha value is 0.0969. The normalized spacial score (nSPS) is 34.4. The molecule has 0 bridgehead atoms. The molecular weight excluding hydrogens is 256 g/mol. The fourth-order valence-electron chi connectivity index (χ4n) is 2.96. The summed E-state index contributed by atoms with van der Waals surface area (Å²) in [6.45, 7) is 10.6. The molecule has 1 heterocycles. The van der Waals surface area contributed by atoms with Crippen molar-refractivity contribution in [1.29, 1.82) is 0 Å². The molecule has 3 nitrogen and oxygen atoms in total. The van der Waals surface area contributed by atoms with E-state index in [0.717, 1.165) is 31.6 Å². The van der Waals surface area contributed by atoms with E-state index in [2.05, 4.69) is 27.3 Å². The number of fused-ring (bicyclic) bond motifs is 1. The van der Waals surface area contributed by atoms with Crippen LogP contribution in [0.25, 0.3) is 0 Å². The molecule has 0 aromatic heterocycles. The second-order valence-electron chi connectivity index (χ2n) is 6.41. The van der Waals surface area contributed by atoms with Gasteiger partial charge in [-0.3, -0.25) is 0 Å². The van der Waals surface area contributed by atoms with Crippen LogP contribution in [0, 0.1) is 11.8 Å². The van der Waals surface area contributed by atoms with E-state index in [9.17, 15) is 0 Å². The maximum atomic E-state index is 6.22. The molecule has 0 N–H and O–H groups in total. The molecule has 1 aliphatic heterocycles. The first kappa shape index (κ1) is 15.5. The van der Waals surface area contributed by atoms with Crippen LogP contribution >= 0.6 is 0 Å². The third-order valence-electron chi connectivity index (χ3n) is 4.75. The van der Waals surface area contributed by atoms with Crippen LogP contribution in [0.1, 0.15) is 46.5 Å². The van der Waals surface area contributed by atoms with Crippen molar-refractivity contribution in [3.8, 4) is 0 Å². The monoisotopic (exact) mass is 286 g/mol. The van der Waals surface area contributed by atoms with Gasteiger partial charge >= 0.3 is 8.56 Å². The summed E-state index contributed by atoms with van der Waals surface area (Å²) in [5.74, 6) is 1.42. The number of hydrogen-bond acceptors (Lipinski definition) is 3. The van der Waals surface area contributed by atoms with E-state index < -0.39 is 8.56 Å². The van der Waals surface area contributed by atoms with Crippen molar-refractivity contribution in [3.05, 3.63) is 0 Å². The van der Waals surface area contributed by atoms with E-state index >= 15 is 0 Å². The van der Waals surface area contributed by atoms with Gasteiger partial charge < -0.3 is 13.6 Å². The molecule has 2 fully saturated rings. The molecule has 0 spiro atoms. The van der Waals surface area contributed by atoms with Crippen molar-refractivity contribution in [2.75, 3.05) is 13.2 Å². The van der Waals surface area contributed by atoms with Crippen LogP contribution in [0.4, 0.5) is 0 Å². The molecule has 0 amide bonds. The Balaban J connectivity index is 1.73. The van der Waals surface area contributed by atoms with Gasteiger partial charge in [-0.25, -0.2) is 0 Å². The highest BCUT2D eigenvalue weighted by Gasteiger charge is 2.45. The smallest absolute Gasteiger partial charge is 0.334 e. The molecule has 5 unspecified atom stereocenters. The summed E-state index contributed by atoms with van der Waals surface area (Å²) in [6.07, 6.45) is 6.07. The summed E-state index contributed by atoms with van der Waals surface area (Å²) >= 11 is 0. The van der Waals surface area contributed by atoms with Crippen molar-refractivity contribution in [1.82, 2.24) is 0 Å².